The molecule has 2 aliphatic rings. The fourth-order valence-corrected chi connectivity index (χ4v) is 3.69. The molecule has 0 radical (unpaired) electrons. The van der Waals surface area contributed by atoms with E-state index in [2.05, 4.69) is 109 Å². The van der Waals surface area contributed by atoms with Crippen molar-refractivity contribution in [1.29, 1.82) is 0 Å². The van der Waals surface area contributed by atoms with E-state index in [1.54, 1.807) is 0 Å². The first-order valence-electron chi connectivity index (χ1n) is 8.53. The van der Waals surface area contributed by atoms with Gasteiger partial charge >= 0.3 is 0 Å². The maximum absolute atomic E-state index is 2.37. The van der Waals surface area contributed by atoms with Crippen molar-refractivity contribution < 1.29 is 4.57 Å². The van der Waals surface area contributed by atoms with Gasteiger partial charge in [0, 0.05) is 41.4 Å². The van der Waals surface area contributed by atoms with Gasteiger partial charge in [-0.25, -0.2) is 0 Å². The van der Waals surface area contributed by atoms with Gasteiger partial charge < -0.3 is 4.90 Å². The third-order valence-electron chi connectivity index (χ3n) is 5.46. The number of aryl methyl sites for hydroxylation is 1. The summed E-state index contributed by atoms with van der Waals surface area (Å²) < 4.78 is 2.26. The minimum absolute atomic E-state index is 0.0325. The largest absolute Gasteiger partial charge is 0.338 e. The number of rotatable bonds is 2. The van der Waals surface area contributed by atoms with Crippen molar-refractivity contribution in [3.05, 3.63) is 84.4 Å². The van der Waals surface area contributed by atoms with Gasteiger partial charge in [-0.15, -0.1) is 0 Å². The maximum atomic E-state index is 2.37. The number of para-hydroxylation sites is 1. The van der Waals surface area contributed by atoms with Crippen LogP contribution >= 0.6 is 0 Å². The van der Waals surface area contributed by atoms with E-state index < -0.39 is 0 Å². The van der Waals surface area contributed by atoms with Crippen molar-refractivity contribution >= 4 is 17.0 Å². The number of benzene rings is 1. The Labute approximate surface area is 143 Å². The van der Waals surface area contributed by atoms with Gasteiger partial charge in [-0.2, -0.15) is 4.57 Å². The Hall–Kier alpha value is -2.61. The van der Waals surface area contributed by atoms with E-state index in [4.69, 9.17) is 0 Å². The van der Waals surface area contributed by atoms with Crippen LogP contribution in [0.5, 0.6) is 0 Å². The molecule has 2 nitrogen and oxygen atoms in total. The van der Waals surface area contributed by atoms with Crippen molar-refractivity contribution in [1.82, 2.24) is 4.90 Å². The van der Waals surface area contributed by atoms with E-state index >= 15 is 0 Å². The highest BCUT2D eigenvalue weighted by atomic mass is 15.2. The van der Waals surface area contributed by atoms with E-state index in [9.17, 15) is 0 Å². The number of fused-ring (bicyclic) bond motifs is 2. The molecule has 0 N–H and O–H groups in total. The first-order valence-corrected chi connectivity index (χ1v) is 8.53. The minimum atomic E-state index is -0.0325. The minimum Gasteiger partial charge on any atom is -0.338 e. The van der Waals surface area contributed by atoms with Crippen molar-refractivity contribution in [2.45, 2.75) is 19.4 Å². The zero-order valence-electron chi connectivity index (χ0n) is 14.5. The molecule has 0 saturated carbocycles. The molecule has 1 aromatic carbocycles. The molecule has 0 fully saturated rings. The molecule has 0 aliphatic carbocycles. The number of pyridine rings is 1. The normalized spacial score (nSPS) is 25.5. The van der Waals surface area contributed by atoms with Gasteiger partial charge in [0.25, 0.3) is 0 Å². The standard InChI is InChI=1S/C22H23N2/c1-17-16-20-9-6-7-15-24(20)22(17,2)14-13-19-12-11-18-8-4-5-10-21(18)23(19)3/h4-17H,1-3H3/q+1/b14-13+. The SMILES string of the molecule is CC1C=C2C=CC=CN2C1(C)/C=C/c1ccc2ccccc2[n+]1C. The third kappa shape index (κ3) is 2.22. The third-order valence-corrected chi connectivity index (χ3v) is 5.46. The first kappa shape index (κ1) is 14.9. The average Bonchev–Trinajstić information content (AvgIpc) is 2.86. The van der Waals surface area contributed by atoms with Crippen LogP contribution in [0.3, 0.4) is 0 Å². The summed E-state index contributed by atoms with van der Waals surface area (Å²) in [6.45, 7) is 4.60. The molecule has 24 heavy (non-hydrogen) atoms. The zero-order chi connectivity index (χ0) is 16.7. The molecule has 2 unspecified atom stereocenters. The van der Waals surface area contributed by atoms with Crippen molar-refractivity contribution in [3.8, 4) is 0 Å². The van der Waals surface area contributed by atoms with Crippen molar-refractivity contribution in [3.63, 3.8) is 0 Å². The Bertz CT molecular complexity index is 917. The Morgan fingerprint density at radius 1 is 1.12 bits per heavy atom. The van der Waals surface area contributed by atoms with Crippen LogP contribution in [-0.4, -0.2) is 10.4 Å². The second-order valence-corrected chi connectivity index (χ2v) is 6.89. The Morgan fingerprint density at radius 2 is 1.96 bits per heavy atom. The summed E-state index contributed by atoms with van der Waals surface area (Å²) in [6.07, 6.45) is 15.5. The molecule has 2 aromatic rings. The Balaban J connectivity index is 1.72. The van der Waals surface area contributed by atoms with E-state index in [1.165, 1.54) is 22.3 Å². The second-order valence-electron chi connectivity index (χ2n) is 6.89. The molecule has 3 heterocycles. The monoisotopic (exact) mass is 315 g/mol. The van der Waals surface area contributed by atoms with Gasteiger partial charge in [-0.1, -0.05) is 37.3 Å². The molecule has 120 valence electrons. The van der Waals surface area contributed by atoms with Crippen molar-refractivity contribution in [2.75, 3.05) is 0 Å². The summed E-state index contributed by atoms with van der Waals surface area (Å²) in [5.41, 5.74) is 3.73. The number of nitrogens with zero attached hydrogens (tertiary/aromatic N) is 2. The predicted octanol–water partition coefficient (Wildman–Crippen LogP) is 4.36. The number of allylic oxidation sites excluding steroid dienone is 3. The lowest BCUT2D eigenvalue weighted by molar-refractivity contribution is -0.646. The van der Waals surface area contributed by atoms with Gasteiger partial charge in [0.2, 0.25) is 11.2 Å². The van der Waals surface area contributed by atoms with Crippen LogP contribution in [0, 0.1) is 5.92 Å². The lowest BCUT2D eigenvalue weighted by Gasteiger charge is -2.37. The Kier molecular flexibility index (Phi) is 3.42. The van der Waals surface area contributed by atoms with E-state index in [0.717, 1.165) is 0 Å². The summed E-state index contributed by atoms with van der Waals surface area (Å²) >= 11 is 0. The lowest BCUT2D eigenvalue weighted by atomic mass is 9.88. The summed E-state index contributed by atoms with van der Waals surface area (Å²) in [5.74, 6) is 0.460. The van der Waals surface area contributed by atoms with Gasteiger partial charge in [0.05, 0.1) is 5.54 Å². The first-order chi connectivity index (χ1) is 11.6. The van der Waals surface area contributed by atoms with Crippen LogP contribution < -0.4 is 4.57 Å². The Morgan fingerprint density at radius 3 is 2.83 bits per heavy atom. The van der Waals surface area contributed by atoms with Crippen LogP contribution in [0.4, 0.5) is 0 Å². The van der Waals surface area contributed by atoms with E-state index in [1.807, 2.05) is 0 Å². The van der Waals surface area contributed by atoms with Gasteiger partial charge in [0.1, 0.15) is 7.05 Å². The van der Waals surface area contributed by atoms with Gasteiger partial charge in [-0.05, 0) is 31.2 Å². The highest BCUT2D eigenvalue weighted by molar-refractivity contribution is 5.76. The zero-order valence-corrected chi connectivity index (χ0v) is 14.5. The predicted molar refractivity (Wildman–Crippen MR) is 99.9 cm³/mol. The molecule has 0 saturated heterocycles. The molecule has 2 atom stereocenters. The fraction of sp³-hybridized carbons (Fsp3) is 0.227. The summed E-state index contributed by atoms with van der Waals surface area (Å²) in [5, 5.41) is 1.27. The molecule has 2 heteroatoms. The second kappa shape index (κ2) is 5.48. The number of hydrogen-bond donors (Lipinski definition) is 0. The molecular weight excluding hydrogens is 292 g/mol. The fourth-order valence-electron chi connectivity index (χ4n) is 3.69. The van der Waals surface area contributed by atoms with Crippen LogP contribution in [0.1, 0.15) is 19.5 Å². The number of aromatic nitrogens is 1. The number of hydrogen-bond acceptors (Lipinski definition) is 1. The highest BCUT2D eigenvalue weighted by Gasteiger charge is 2.39. The molecule has 0 bridgehead atoms. The summed E-state index contributed by atoms with van der Waals surface area (Å²) in [6, 6.07) is 12.9. The summed E-state index contributed by atoms with van der Waals surface area (Å²) in [7, 11) is 2.13. The molecule has 2 aliphatic heterocycles. The molecule has 4 rings (SSSR count). The topological polar surface area (TPSA) is 7.12 Å². The molecule has 1 aromatic heterocycles. The van der Waals surface area contributed by atoms with Crippen LogP contribution in [0.25, 0.3) is 17.0 Å². The van der Waals surface area contributed by atoms with Crippen LogP contribution in [0.2, 0.25) is 0 Å². The summed E-state index contributed by atoms with van der Waals surface area (Å²) in [4.78, 5) is 2.37. The quantitative estimate of drug-likeness (QED) is 0.747. The molecule has 0 spiro atoms. The highest BCUT2D eigenvalue weighted by Crippen LogP contribution is 2.40. The molecule has 0 amide bonds. The van der Waals surface area contributed by atoms with Gasteiger partial charge in [0.15, 0.2) is 0 Å². The average molecular weight is 315 g/mol. The van der Waals surface area contributed by atoms with E-state index in [-0.39, 0.29) is 5.54 Å². The maximum Gasteiger partial charge on any atom is 0.212 e. The smallest absolute Gasteiger partial charge is 0.212 e. The van der Waals surface area contributed by atoms with Crippen LogP contribution in [0.15, 0.2) is 78.7 Å². The van der Waals surface area contributed by atoms with Crippen LogP contribution in [-0.2, 0) is 7.05 Å². The van der Waals surface area contributed by atoms with Gasteiger partial charge in [-0.3, -0.25) is 0 Å². The van der Waals surface area contributed by atoms with Crippen molar-refractivity contribution in [2.24, 2.45) is 13.0 Å². The molecular formula is C22H23N2+. The lowest BCUT2D eigenvalue weighted by Crippen LogP contribution is -2.41. The van der Waals surface area contributed by atoms with E-state index in [0.29, 0.717) is 5.92 Å².